The van der Waals surface area contributed by atoms with Crippen LogP contribution in [0.1, 0.15) is 21.5 Å². The summed E-state index contributed by atoms with van der Waals surface area (Å²) in [6.07, 6.45) is 0. The maximum absolute atomic E-state index is 13.5. The summed E-state index contributed by atoms with van der Waals surface area (Å²) in [7, 11) is -2.78. The number of nitrogens with zero attached hydrogens (tertiary/aromatic N) is 1. The first-order valence-electron chi connectivity index (χ1n) is 8.81. The Bertz CT molecular complexity index is 1160. The van der Waals surface area contributed by atoms with Gasteiger partial charge in [0.15, 0.2) is 0 Å². The molecule has 5 nitrogen and oxygen atoms in total. The minimum atomic E-state index is -4.21. The second-order valence-electron chi connectivity index (χ2n) is 6.52. The molecule has 0 aliphatic carbocycles. The van der Waals surface area contributed by atoms with E-state index in [0.717, 1.165) is 9.87 Å². The van der Waals surface area contributed by atoms with Gasteiger partial charge in [0.1, 0.15) is 5.75 Å². The lowest BCUT2D eigenvalue weighted by molar-refractivity contribution is 0.100. The number of rotatable bonds is 5. The van der Waals surface area contributed by atoms with E-state index in [2.05, 4.69) is 0 Å². The summed E-state index contributed by atoms with van der Waals surface area (Å²) in [5, 5.41) is 0.401. The largest absolute Gasteiger partial charge is 0.496 e. The number of benzene rings is 3. The van der Waals surface area contributed by atoms with Crippen molar-refractivity contribution in [2.75, 3.05) is 11.4 Å². The van der Waals surface area contributed by atoms with E-state index in [1.807, 2.05) is 13.0 Å². The van der Waals surface area contributed by atoms with E-state index in [9.17, 15) is 13.2 Å². The van der Waals surface area contributed by atoms with Gasteiger partial charge in [0, 0.05) is 5.02 Å². The van der Waals surface area contributed by atoms with Crippen molar-refractivity contribution in [1.29, 1.82) is 0 Å². The summed E-state index contributed by atoms with van der Waals surface area (Å²) in [4.78, 5) is 13.5. The lowest BCUT2D eigenvalue weighted by Crippen LogP contribution is -2.37. The molecule has 0 radical (unpaired) electrons. The summed E-state index contributed by atoms with van der Waals surface area (Å²) in [6.45, 7) is 3.60. The first kappa shape index (κ1) is 20.9. The topological polar surface area (TPSA) is 63.7 Å². The van der Waals surface area contributed by atoms with Gasteiger partial charge in [0.25, 0.3) is 15.9 Å². The molecule has 0 unspecified atom stereocenters. The number of methoxy groups -OCH3 is 1. The quantitative estimate of drug-likeness (QED) is 0.572. The normalized spacial score (nSPS) is 11.2. The molecule has 7 heteroatoms. The number of hydrogen-bond acceptors (Lipinski definition) is 4. The van der Waals surface area contributed by atoms with Crippen molar-refractivity contribution in [3.05, 3.63) is 88.4 Å². The first-order valence-corrected chi connectivity index (χ1v) is 10.6. The molecule has 0 N–H and O–H groups in total. The molecule has 0 bridgehead atoms. The highest BCUT2D eigenvalue weighted by molar-refractivity contribution is 7.93. The Morgan fingerprint density at radius 2 is 1.62 bits per heavy atom. The highest BCUT2D eigenvalue weighted by Gasteiger charge is 2.34. The van der Waals surface area contributed by atoms with Crippen molar-refractivity contribution >= 4 is 33.2 Å². The maximum Gasteiger partial charge on any atom is 0.276 e. The van der Waals surface area contributed by atoms with Crippen molar-refractivity contribution < 1.29 is 17.9 Å². The van der Waals surface area contributed by atoms with Crippen LogP contribution in [-0.4, -0.2) is 21.4 Å². The zero-order valence-corrected chi connectivity index (χ0v) is 17.8. The standard InChI is InChI=1S/C22H20ClNO4S/c1-15-8-9-16(2)20(14-15)24(22(25)19-6-4-5-7-21(19)28-3)29(26,27)18-12-10-17(23)11-13-18/h4-14H,1-3H3. The molecule has 0 saturated heterocycles. The molecule has 29 heavy (non-hydrogen) atoms. The van der Waals surface area contributed by atoms with Crippen LogP contribution in [0.5, 0.6) is 5.75 Å². The van der Waals surface area contributed by atoms with Gasteiger partial charge in [-0.15, -0.1) is 0 Å². The summed E-state index contributed by atoms with van der Waals surface area (Å²) in [5.74, 6) is -0.412. The van der Waals surface area contributed by atoms with E-state index in [1.54, 1.807) is 37.3 Å². The van der Waals surface area contributed by atoms with Gasteiger partial charge in [0.05, 0.1) is 23.3 Å². The van der Waals surface area contributed by atoms with Crippen LogP contribution < -0.4 is 9.04 Å². The number of ether oxygens (including phenoxy) is 1. The monoisotopic (exact) mass is 429 g/mol. The molecule has 0 saturated carbocycles. The summed E-state index contributed by atoms with van der Waals surface area (Å²) >= 11 is 5.91. The van der Waals surface area contributed by atoms with Crippen LogP contribution in [0.25, 0.3) is 0 Å². The van der Waals surface area contributed by atoms with Crippen LogP contribution in [-0.2, 0) is 10.0 Å². The van der Waals surface area contributed by atoms with Crippen LogP contribution in [0.3, 0.4) is 0 Å². The van der Waals surface area contributed by atoms with E-state index < -0.39 is 15.9 Å². The van der Waals surface area contributed by atoms with Crippen LogP contribution >= 0.6 is 11.6 Å². The molecule has 3 aromatic rings. The highest BCUT2D eigenvalue weighted by Crippen LogP contribution is 2.32. The molecule has 0 aliphatic rings. The maximum atomic E-state index is 13.5. The number of amides is 1. The fourth-order valence-corrected chi connectivity index (χ4v) is 4.52. The molecule has 3 aromatic carbocycles. The second-order valence-corrected chi connectivity index (χ2v) is 8.74. The van der Waals surface area contributed by atoms with Crippen LogP contribution in [0.4, 0.5) is 5.69 Å². The SMILES string of the molecule is COc1ccccc1C(=O)N(c1cc(C)ccc1C)S(=O)(=O)c1ccc(Cl)cc1. The number of carbonyl (C=O) groups is 1. The Balaban J connectivity index is 2.26. The third kappa shape index (κ3) is 4.13. The molecule has 0 spiro atoms. The average molecular weight is 430 g/mol. The fourth-order valence-electron chi connectivity index (χ4n) is 2.93. The molecule has 1 amide bonds. The lowest BCUT2D eigenvalue weighted by atomic mass is 10.1. The van der Waals surface area contributed by atoms with Gasteiger partial charge in [-0.2, -0.15) is 4.31 Å². The van der Waals surface area contributed by atoms with Crippen molar-refractivity contribution in [3.63, 3.8) is 0 Å². The fraction of sp³-hybridized carbons (Fsp3) is 0.136. The number of carbonyl (C=O) groups excluding carboxylic acids is 1. The predicted octanol–water partition coefficient (Wildman–Crippen LogP) is 5.00. The van der Waals surface area contributed by atoms with Gasteiger partial charge < -0.3 is 4.74 Å². The summed E-state index contributed by atoms with van der Waals surface area (Å²) < 4.78 is 33.2. The molecular formula is C22H20ClNO4S. The second kappa shape index (κ2) is 8.27. The lowest BCUT2D eigenvalue weighted by Gasteiger charge is -2.25. The zero-order valence-electron chi connectivity index (χ0n) is 16.2. The molecule has 0 fully saturated rings. The number of hydrogen-bond donors (Lipinski definition) is 0. The smallest absolute Gasteiger partial charge is 0.276 e. The predicted molar refractivity (Wildman–Crippen MR) is 114 cm³/mol. The Morgan fingerprint density at radius 3 is 2.28 bits per heavy atom. The first-order chi connectivity index (χ1) is 13.8. The number of sulfonamides is 1. The van der Waals surface area contributed by atoms with Crippen molar-refractivity contribution in [3.8, 4) is 5.75 Å². The number of halogens is 1. The van der Waals surface area contributed by atoms with Gasteiger partial charge in [-0.25, -0.2) is 8.42 Å². The third-order valence-electron chi connectivity index (χ3n) is 4.46. The molecule has 0 aromatic heterocycles. The molecule has 0 aliphatic heterocycles. The summed E-state index contributed by atoms with van der Waals surface area (Å²) in [5.41, 5.74) is 1.91. The molecule has 3 rings (SSSR count). The van der Waals surface area contributed by atoms with E-state index in [4.69, 9.17) is 16.3 Å². The van der Waals surface area contributed by atoms with Gasteiger partial charge in [-0.3, -0.25) is 4.79 Å². The van der Waals surface area contributed by atoms with E-state index in [0.29, 0.717) is 16.3 Å². The summed E-state index contributed by atoms with van der Waals surface area (Å²) in [6, 6.07) is 17.6. The molecular weight excluding hydrogens is 410 g/mol. The van der Waals surface area contributed by atoms with E-state index >= 15 is 0 Å². The molecule has 0 heterocycles. The number of aryl methyl sites for hydroxylation is 2. The molecule has 0 atom stereocenters. The third-order valence-corrected chi connectivity index (χ3v) is 6.42. The van der Waals surface area contributed by atoms with E-state index in [-0.39, 0.29) is 16.1 Å². The Hall–Kier alpha value is -2.83. The van der Waals surface area contributed by atoms with E-state index in [1.165, 1.54) is 37.4 Å². The van der Waals surface area contributed by atoms with Crippen molar-refractivity contribution in [1.82, 2.24) is 0 Å². The highest BCUT2D eigenvalue weighted by atomic mass is 35.5. The van der Waals surface area contributed by atoms with Gasteiger partial charge in [0.2, 0.25) is 0 Å². The van der Waals surface area contributed by atoms with Crippen LogP contribution in [0.2, 0.25) is 5.02 Å². The van der Waals surface area contributed by atoms with Gasteiger partial charge in [-0.05, 0) is 67.4 Å². The minimum absolute atomic E-state index is 0.0361. The average Bonchev–Trinajstić information content (AvgIpc) is 2.70. The van der Waals surface area contributed by atoms with Crippen LogP contribution in [0.15, 0.2) is 71.6 Å². The van der Waals surface area contributed by atoms with Crippen LogP contribution in [0, 0.1) is 13.8 Å². The van der Waals surface area contributed by atoms with Gasteiger partial charge in [-0.1, -0.05) is 35.9 Å². The minimum Gasteiger partial charge on any atom is -0.496 e. The Kier molecular flexibility index (Phi) is 5.96. The molecule has 150 valence electrons. The Morgan fingerprint density at radius 1 is 0.966 bits per heavy atom. The Labute approximate surface area is 175 Å². The number of para-hydroxylation sites is 1. The zero-order chi connectivity index (χ0) is 21.2. The van der Waals surface area contributed by atoms with Crippen molar-refractivity contribution in [2.45, 2.75) is 18.7 Å². The number of anilines is 1. The van der Waals surface area contributed by atoms with Gasteiger partial charge >= 0.3 is 0 Å². The van der Waals surface area contributed by atoms with Crippen molar-refractivity contribution in [2.24, 2.45) is 0 Å².